The zero-order chi connectivity index (χ0) is 85.4. The molecule has 9 rings (SSSR count). The quantitative estimate of drug-likeness (QED) is 0.0371. The van der Waals surface area contributed by atoms with E-state index in [1.165, 1.54) is 26.0 Å². The van der Waals surface area contributed by atoms with E-state index in [1.54, 1.807) is 51.5 Å². The summed E-state index contributed by atoms with van der Waals surface area (Å²) < 4.78 is 4.67. The summed E-state index contributed by atoms with van der Waals surface area (Å²) in [4.78, 5) is 137. The number of aryl methyl sites for hydroxylation is 6. The van der Waals surface area contributed by atoms with E-state index >= 15 is 0 Å². The number of ketones is 4. The topological polar surface area (TPSA) is 241 Å². The largest absolute Gasteiger partial charge is 0.347 e. The highest BCUT2D eigenvalue weighted by atomic mass is 16.2. The zero-order valence-corrected chi connectivity index (χ0v) is 72.5. The van der Waals surface area contributed by atoms with Crippen LogP contribution in [0.1, 0.15) is 210 Å². The van der Waals surface area contributed by atoms with Crippen LogP contribution in [-0.4, -0.2) is 134 Å². The second-order valence-corrected chi connectivity index (χ2v) is 33.7. The van der Waals surface area contributed by atoms with Gasteiger partial charge in [-0.15, -0.1) is 0 Å². The Bertz CT molecular complexity index is 4780. The number of pyridine rings is 6. The lowest BCUT2D eigenvalue weighted by Gasteiger charge is -2.26. The van der Waals surface area contributed by atoms with Gasteiger partial charge in [0.15, 0.2) is 5.78 Å². The van der Waals surface area contributed by atoms with Gasteiger partial charge in [0.2, 0.25) is 11.8 Å². The van der Waals surface area contributed by atoms with Gasteiger partial charge in [0.25, 0.3) is 16.7 Å². The molecular formula is C96H125N11O9. The number of amides is 2. The molecule has 1 unspecified atom stereocenters. The van der Waals surface area contributed by atoms with E-state index in [-0.39, 0.29) is 101 Å². The maximum Gasteiger partial charge on any atom is 0.251 e. The third-order valence-electron chi connectivity index (χ3n) is 20.7. The van der Waals surface area contributed by atoms with Crippen molar-refractivity contribution in [2.75, 3.05) is 55.4 Å². The summed E-state index contributed by atoms with van der Waals surface area (Å²) in [5, 5.41) is 6.21. The van der Waals surface area contributed by atoms with Gasteiger partial charge in [-0.1, -0.05) is 108 Å². The number of hydrogen-bond donors (Lipinski definition) is 2. The van der Waals surface area contributed by atoms with Gasteiger partial charge < -0.3 is 43.8 Å². The Balaban J connectivity index is 0.000000241. The van der Waals surface area contributed by atoms with Gasteiger partial charge in [-0.25, -0.2) is 0 Å². The Morgan fingerprint density at radius 3 is 1.08 bits per heavy atom. The van der Waals surface area contributed by atoms with E-state index in [0.29, 0.717) is 25.8 Å². The van der Waals surface area contributed by atoms with Crippen LogP contribution < -0.4 is 27.3 Å². The van der Waals surface area contributed by atoms with Gasteiger partial charge in [0, 0.05) is 136 Å². The summed E-state index contributed by atoms with van der Waals surface area (Å²) in [7, 11) is 11.9. The van der Waals surface area contributed by atoms with Crippen molar-refractivity contribution >= 4 is 34.9 Å². The van der Waals surface area contributed by atoms with E-state index in [4.69, 9.17) is 0 Å². The first-order valence-electron chi connectivity index (χ1n) is 40.6. The van der Waals surface area contributed by atoms with Crippen molar-refractivity contribution in [1.82, 2.24) is 54.0 Å². The van der Waals surface area contributed by atoms with E-state index < -0.39 is 30.2 Å². The monoisotopic (exact) mass is 1580 g/mol. The predicted octanol–water partition coefficient (Wildman–Crippen LogP) is 16.0. The molecule has 0 radical (unpaired) electrons. The number of aromatic nitrogens is 6. The molecule has 2 amide bonds. The van der Waals surface area contributed by atoms with E-state index in [0.717, 1.165) is 126 Å². The van der Waals surface area contributed by atoms with Crippen molar-refractivity contribution < 1.29 is 28.8 Å². The molecule has 6 aromatic heterocycles. The summed E-state index contributed by atoms with van der Waals surface area (Å²) in [5.41, 5.74) is 17.7. The summed E-state index contributed by atoms with van der Waals surface area (Å²) in [6, 6.07) is 31.7. The molecule has 0 bridgehead atoms. The highest BCUT2D eigenvalue weighted by Gasteiger charge is 2.32. The standard InChI is InChI=1S/2C32H42N4O3.C32H41N3O3/c2*1-21(2)15-29(36-20-25(11-12-30(36)38)13-14-35(6)7)32(39)34-28(16-24(5)37)26-17-27(19-33-18-26)31-22(3)9-8-10-23(31)4;1-21(2)13-29(35-12-11-25(15-31(35)38)20-34(6)7)30(37)17-26(14-24(5)36)27-16-28(19-33-18-27)32-22(3)9-8-10-23(32)4/h2*8-12,17-21,28-29H,13-16H2,1-7H3,(H,34,39);8-12,15-16,18-19,21,26,29H,13-14,17,20H2,1-7H3/t28-,29?;28-,29-;26-,29+/m001/s1. The molecule has 2 N–H and O–H groups in total. The first kappa shape index (κ1) is 92.6. The minimum absolute atomic E-state index is 0.0193. The molecular weight excluding hydrogens is 1450 g/mol. The molecule has 618 valence electrons. The minimum atomic E-state index is -0.694. The number of hydrogen-bond acceptors (Lipinski definition) is 15. The Labute approximate surface area is 687 Å². The molecule has 0 aliphatic rings. The number of benzene rings is 3. The van der Waals surface area contributed by atoms with Crippen LogP contribution in [0.2, 0.25) is 0 Å². The van der Waals surface area contributed by atoms with Crippen molar-refractivity contribution in [3.63, 3.8) is 0 Å². The Morgan fingerprint density at radius 2 is 0.741 bits per heavy atom. The Kier molecular flexibility index (Phi) is 35.1. The molecule has 6 heterocycles. The molecule has 9 aromatic rings. The van der Waals surface area contributed by atoms with E-state index in [2.05, 4.69) is 133 Å². The van der Waals surface area contributed by atoms with Gasteiger partial charge >= 0.3 is 0 Å². The highest BCUT2D eigenvalue weighted by Crippen LogP contribution is 2.36. The van der Waals surface area contributed by atoms with Gasteiger partial charge in [-0.3, -0.25) is 53.3 Å². The molecule has 0 aliphatic carbocycles. The maximum atomic E-state index is 13.8. The van der Waals surface area contributed by atoms with Crippen LogP contribution in [-0.2, 0) is 48.2 Å². The van der Waals surface area contributed by atoms with E-state index in [1.807, 2.05) is 154 Å². The molecule has 0 spiro atoms. The molecule has 0 fully saturated rings. The number of carbonyl (C=O) groups excluding carboxylic acids is 6. The van der Waals surface area contributed by atoms with Crippen LogP contribution >= 0.6 is 0 Å². The third-order valence-corrected chi connectivity index (χ3v) is 20.7. The number of nitrogens with zero attached hydrogens (tertiary/aromatic N) is 9. The number of carbonyl (C=O) groups is 6. The van der Waals surface area contributed by atoms with Crippen LogP contribution in [0.25, 0.3) is 33.4 Å². The average Bonchev–Trinajstić information content (AvgIpc) is 0.824. The average molecular weight is 1580 g/mol. The molecule has 0 aliphatic heterocycles. The number of nitrogens with one attached hydrogen (secondary N) is 2. The summed E-state index contributed by atoms with van der Waals surface area (Å²) in [6.45, 7) is 31.6. The van der Waals surface area contributed by atoms with Gasteiger partial charge in [0.05, 0.1) is 18.1 Å². The smallest absolute Gasteiger partial charge is 0.251 e. The van der Waals surface area contributed by atoms with Crippen molar-refractivity contribution in [3.8, 4) is 33.4 Å². The lowest BCUT2D eigenvalue weighted by Crippen LogP contribution is -2.40. The van der Waals surface area contributed by atoms with Crippen LogP contribution in [0.3, 0.4) is 0 Å². The van der Waals surface area contributed by atoms with Gasteiger partial charge in [-0.05, 0) is 268 Å². The van der Waals surface area contributed by atoms with Crippen molar-refractivity contribution in [2.45, 2.75) is 204 Å². The normalized spacial score (nSPS) is 13.0. The molecule has 20 nitrogen and oxygen atoms in total. The van der Waals surface area contributed by atoms with Crippen molar-refractivity contribution in [1.29, 1.82) is 0 Å². The molecule has 116 heavy (non-hydrogen) atoms. The summed E-state index contributed by atoms with van der Waals surface area (Å²) in [6.07, 6.45) is 19.8. The summed E-state index contributed by atoms with van der Waals surface area (Å²) in [5.74, 6) is -0.388. The van der Waals surface area contributed by atoms with Crippen molar-refractivity contribution in [3.05, 3.63) is 263 Å². The third kappa shape index (κ3) is 27.6. The summed E-state index contributed by atoms with van der Waals surface area (Å²) >= 11 is 0. The van der Waals surface area contributed by atoms with Crippen LogP contribution in [0.15, 0.2) is 179 Å². The van der Waals surface area contributed by atoms with Gasteiger partial charge in [0.1, 0.15) is 29.4 Å². The number of rotatable bonds is 36. The number of likely N-dealkylation sites (N-methyl/N-ethyl adjacent to an activating group) is 2. The number of Topliss-reactive ketones (excluding diaryl/α,β-unsaturated/α-hetero) is 4. The first-order chi connectivity index (χ1) is 54.9. The zero-order valence-electron chi connectivity index (χ0n) is 72.5. The minimum Gasteiger partial charge on any atom is -0.347 e. The molecule has 0 saturated carbocycles. The van der Waals surface area contributed by atoms with E-state index in [9.17, 15) is 43.2 Å². The maximum absolute atomic E-state index is 13.8. The SMILES string of the molecule is CC(=O)C[C@H](CC(=O)[C@H](CC(C)C)n1ccc(CN(C)C)cc1=O)c1cncc(-c2c(C)cccc2C)c1.CC(=O)C[C@H](NC(=O)C(CC(C)C)n1cc(CCN(C)C)ccc1=O)c1cncc(-c2c(C)cccc2C)c1.CC(=O)C[C@H](NC(=O)[C@H](CC(C)C)n1cc(CCN(C)C)ccc1=O)c1cncc(-c2c(C)cccc2C)c1. The lowest BCUT2D eigenvalue weighted by molar-refractivity contribution is -0.127. The van der Waals surface area contributed by atoms with Gasteiger partial charge in [-0.2, -0.15) is 0 Å². The Morgan fingerprint density at radius 1 is 0.388 bits per heavy atom. The Hall–Kier alpha value is -10.5. The molecule has 0 saturated heterocycles. The van der Waals surface area contributed by atoms with Crippen LogP contribution in [0, 0.1) is 59.3 Å². The van der Waals surface area contributed by atoms with Crippen LogP contribution in [0.4, 0.5) is 0 Å². The van der Waals surface area contributed by atoms with Crippen LogP contribution in [0.5, 0.6) is 0 Å². The predicted molar refractivity (Wildman–Crippen MR) is 467 cm³/mol. The first-order valence-corrected chi connectivity index (χ1v) is 40.6. The molecule has 20 heteroatoms. The van der Waals surface area contributed by atoms with Crippen molar-refractivity contribution in [2.24, 2.45) is 17.8 Å². The fraction of sp³-hybridized carbons (Fsp3) is 0.438. The fourth-order valence-corrected chi connectivity index (χ4v) is 15.1. The lowest BCUT2D eigenvalue weighted by atomic mass is 9.85. The highest BCUT2D eigenvalue weighted by molar-refractivity contribution is 5.86. The fourth-order valence-electron chi connectivity index (χ4n) is 15.1. The second-order valence-electron chi connectivity index (χ2n) is 33.7. The second kappa shape index (κ2) is 44.0. The molecule has 6 atom stereocenters. The molecule has 3 aromatic carbocycles.